The van der Waals surface area contributed by atoms with Crippen LogP contribution in [0.1, 0.15) is 50.2 Å². The highest BCUT2D eigenvalue weighted by molar-refractivity contribution is 5.88. The van der Waals surface area contributed by atoms with E-state index in [2.05, 4.69) is 53.2 Å². The minimum atomic E-state index is -0.681. The monoisotopic (exact) mass is 394 g/mol. The van der Waals surface area contributed by atoms with Gasteiger partial charge in [0.2, 0.25) is 5.91 Å². The van der Waals surface area contributed by atoms with Crippen molar-refractivity contribution in [2.24, 2.45) is 11.3 Å². The Morgan fingerprint density at radius 3 is 2.59 bits per heavy atom. The lowest BCUT2D eigenvalue weighted by molar-refractivity contribution is -0.126. The largest absolute Gasteiger partial charge is 0.369 e. The third kappa shape index (κ3) is 4.28. The van der Waals surface area contributed by atoms with Crippen LogP contribution in [0.2, 0.25) is 0 Å². The molecule has 2 saturated carbocycles. The summed E-state index contributed by atoms with van der Waals surface area (Å²) in [6, 6.07) is 9.19. The molecule has 156 valence electrons. The van der Waals surface area contributed by atoms with Crippen LogP contribution in [0.15, 0.2) is 18.2 Å². The smallest absolute Gasteiger partial charge is 0.240 e. The first-order valence-electron chi connectivity index (χ1n) is 11.3. The lowest BCUT2D eigenvalue weighted by Crippen LogP contribution is -2.49. The number of nitriles is 1. The topological polar surface area (TPSA) is 59.4 Å². The SMILES string of the molecule is CCc1cccc(N2CCN(CCC3CC(NC(=O)C4(C#N)CC4)C3)CC2)c1C. The van der Waals surface area contributed by atoms with Crippen LogP contribution >= 0.6 is 0 Å². The van der Waals surface area contributed by atoms with Gasteiger partial charge in [0.05, 0.1) is 6.07 Å². The van der Waals surface area contributed by atoms with E-state index >= 15 is 0 Å². The molecule has 1 aliphatic heterocycles. The van der Waals surface area contributed by atoms with Crippen LogP contribution in [0.5, 0.6) is 0 Å². The molecule has 3 fully saturated rings. The van der Waals surface area contributed by atoms with E-state index in [0.29, 0.717) is 6.04 Å². The van der Waals surface area contributed by atoms with Gasteiger partial charge in [-0.3, -0.25) is 9.69 Å². The van der Waals surface area contributed by atoms with Gasteiger partial charge in [-0.2, -0.15) is 5.26 Å². The lowest BCUT2D eigenvalue weighted by Gasteiger charge is -2.40. The minimum Gasteiger partial charge on any atom is -0.369 e. The number of aryl methyl sites for hydroxylation is 1. The maximum atomic E-state index is 12.1. The summed E-state index contributed by atoms with van der Waals surface area (Å²) in [6.45, 7) is 10.1. The number of carbonyl (C=O) groups excluding carboxylic acids is 1. The van der Waals surface area contributed by atoms with E-state index in [1.54, 1.807) is 0 Å². The highest BCUT2D eigenvalue weighted by Crippen LogP contribution is 2.45. The quantitative estimate of drug-likeness (QED) is 0.771. The van der Waals surface area contributed by atoms with E-state index in [1.165, 1.54) is 23.2 Å². The van der Waals surface area contributed by atoms with Crippen LogP contribution in [0.25, 0.3) is 0 Å². The molecule has 0 aromatic heterocycles. The Morgan fingerprint density at radius 2 is 1.97 bits per heavy atom. The van der Waals surface area contributed by atoms with Gasteiger partial charge in [-0.15, -0.1) is 0 Å². The Bertz CT molecular complexity index is 781. The van der Waals surface area contributed by atoms with Crippen LogP contribution in [0.3, 0.4) is 0 Å². The zero-order valence-electron chi connectivity index (χ0n) is 17.9. The number of hydrogen-bond donors (Lipinski definition) is 1. The number of rotatable bonds is 7. The molecule has 0 bridgehead atoms. The summed E-state index contributed by atoms with van der Waals surface area (Å²) in [7, 11) is 0. The molecule has 0 unspecified atom stereocenters. The first-order valence-corrected chi connectivity index (χ1v) is 11.3. The third-order valence-electron chi connectivity index (χ3n) is 7.33. The van der Waals surface area contributed by atoms with Gasteiger partial charge >= 0.3 is 0 Å². The number of benzene rings is 1. The fourth-order valence-corrected chi connectivity index (χ4v) is 4.90. The molecule has 2 aliphatic carbocycles. The van der Waals surface area contributed by atoms with Crippen LogP contribution in [-0.2, 0) is 11.2 Å². The fourth-order valence-electron chi connectivity index (χ4n) is 4.90. The van der Waals surface area contributed by atoms with Gasteiger partial charge in [0.25, 0.3) is 0 Å². The Labute approximate surface area is 175 Å². The van der Waals surface area contributed by atoms with Crippen molar-refractivity contribution in [3.63, 3.8) is 0 Å². The Kier molecular flexibility index (Phi) is 5.83. The minimum absolute atomic E-state index is 0.0259. The molecular formula is C24H34N4O. The molecule has 3 aliphatic rings. The van der Waals surface area contributed by atoms with Gasteiger partial charge < -0.3 is 10.2 Å². The Hall–Kier alpha value is -2.06. The second-order valence-electron chi connectivity index (χ2n) is 9.23. The van der Waals surface area contributed by atoms with Crippen LogP contribution in [0, 0.1) is 29.6 Å². The van der Waals surface area contributed by atoms with Gasteiger partial charge in [0, 0.05) is 37.9 Å². The molecule has 1 N–H and O–H groups in total. The van der Waals surface area contributed by atoms with Crippen molar-refractivity contribution in [2.45, 2.75) is 58.4 Å². The van der Waals surface area contributed by atoms with E-state index in [0.717, 1.165) is 70.7 Å². The molecule has 1 aromatic carbocycles. The van der Waals surface area contributed by atoms with Crippen LogP contribution in [0.4, 0.5) is 5.69 Å². The predicted octanol–water partition coefficient (Wildman–Crippen LogP) is 3.27. The second kappa shape index (κ2) is 8.36. The van der Waals surface area contributed by atoms with Gasteiger partial charge in [-0.1, -0.05) is 19.1 Å². The average Bonchev–Trinajstić information content (AvgIpc) is 3.51. The van der Waals surface area contributed by atoms with Crippen molar-refractivity contribution in [3.05, 3.63) is 29.3 Å². The number of amides is 1. The summed E-state index contributed by atoms with van der Waals surface area (Å²) in [5.74, 6) is 0.695. The van der Waals surface area contributed by atoms with Crippen LogP contribution in [-0.4, -0.2) is 49.6 Å². The van der Waals surface area contributed by atoms with Crippen molar-refractivity contribution >= 4 is 11.6 Å². The summed E-state index contributed by atoms with van der Waals surface area (Å²) in [4.78, 5) is 17.3. The summed E-state index contributed by atoms with van der Waals surface area (Å²) in [6.07, 6.45) is 5.95. The lowest BCUT2D eigenvalue weighted by atomic mass is 9.78. The van der Waals surface area contributed by atoms with E-state index in [4.69, 9.17) is 5.26 Å². The molecule has 1 aromatic rings. The van der Waals surface area contributed by atoms with Crippen molar-refractivity contribution in [1.82, 2.24) is 10.2 Å². The maximum Gasteiger partial charge on any atom is 0.240 e. The van der Waals surface area contributed by atoms with Gasteiger partial charge in [-0.05, 0) is 75.1 Å². The van der Waals surface area contributed by atoms with E-state index in [-0.39, 0.29) is 5.91 Å². The highest BCUT2D eigenvalue weighted by atomic mass is 16.2. The maximum absolute atomic E-state index is 12.1. The molecule has 1 heterocycles. The second-order valence-corrected chi connectivity index (χ2v) is 9.23. The number of anilines is 1. The van der Waals surface area contributed by atoms with Crippen molar-refractivity contribution in [1.29, 1.82) is 5.26 Å². The molecule has 5 heteroatoms. The molecule has 1 amide bonds. The molecular weight excluding hydrogens is 360 g/mol. The van der Waals surface area contributed by atoms with E-state index in [9.17, 15) is 4.79 Å². The molecule has 5 nitrogen and oxygen atoms in total. The molecule has 0 spiro atoms. The summed E-state index contributed by atoms with van der Waals surface area (Å²) in [5.41, 5.74) is 3.63. The molecule has 4 rings (SSSR count). The summed E-state index contributed by atoms with van der Waals surface area (Å²) >= 11 is 0. The summed E-state index contributed by atoms with van der Waals surface area (Å²) in [5, 5.41) is 12.2. The highest BCUT2D eigenvalue weighted by Gasteiger charge is 2.51. The van der Waals surface area contributed by atoms with Gasteiger partial charge in [0.1, 0.15) is 5.41 Å². The summed E-state index contributed by atoms with van der Waals surface area (Å²) < 4.78 is 0. The number of piperazine rings is 1. The molecule has 1 saturated heterocycles. The van der Waals surface area contributed by atoms with Gasteiger partial charge in [-0.25, -0.2) is 0 Å². The van der Waals surface area contributed by atoms with Crippen LogP contribution < -0.4 is 10.2 Å². The zero-order chi connectivity index (χ0) is 20.4. The van der Waals surface area contributed by atoms with E-state index in [1.807, 2.05) is 0 Å². The van der Waals surface area contributed by atoms with Crippen molar-refractivity contribution in [3.8, 4) is 6.07 Å². The number of nitrogens with zero attached hydrogens (tertiary/aromatic N) is 3. The fraction of sp³-hybridized carbons (Fsp3) is 0.667. The zero-order valence-corrected chi connectivity index (χ0v) is 17.9. The normalized spacial score (nSPS) is 25.8. The Morgan fingerprint density at radius 1 is 1.24 bits per heavy atom. The standard InChI is InChI=1S/C24H34N4O/c1-3-20-5-4-6-22(18(20)2)28-13-11-27(12-14-28)10-7-19-15-21(16-19)26-23(29)24(17-25)8-9-24/h4-6,19,21H,3,7-16H2,1-2H3,(H,26,29). The van der Waals surface area contributed by atoms with Crippen molar-refractivity contribution in [2.75, 3.05) is 37.6 Å². The third-order valence-corrected chi connectivity index (χ3v) is 7.33. The number of nitrogens with one attached hydrogen (secondary N) is 1. The predicted molar refractivity (Wildman–Crippen MR) is 116 cm³/mol. The molecule has 0 radical (unpaired) electrons. The van der Waals surface area contributed by atoms with Crippen molar-refractivity contribution < 1.29 is 4.79 Å². The first-order chi connectivity index (χ1) is 14.0. The van der Waals surface area contributed by atoms with E-state index < -0.39 is 5.41 Å². The van der Waals surface area contributed by atoms with Gasteiger partial charge in [0.15, 0.2) is 0 Å². The number of carbonyl (C=O) groups is 1. The molecule has 0 atom stereocenters. The average molecular weight is 395 g/mol. The first kappa shape index (κ1) is 20.2. The molecule has 29 heavy (non-hydrogen) atoms. The number of hydrogen-bond acceptors (Lipinski definition) is 4. The Balaban J connectivity index is 1.16.